The number of para-hydroxylation sites is 1. The third-order valence-corrected chi connectivity index (χ3v) is 4.73. The highest BCUT2D eigenvalue weighted by atomic mass is 32.1. The molecule has 0 radical (unpaired) electrons. The average Bonchev–Trinajstić information content (AvgIpc) is 3.33. The van der Waals surface area contributed by atoms with E-state index in [9.17, 15) is 9.90 Å². The molecule has 0 fully saturated rings. The topological polar surface area (TPSA) is 71.7 Å². The van der Waals surface area contributed by atoms with Crippen molar-refractivity contribution in [1.82, 2.24) is 5.32 Å². The predicted octanol–water partition coefficient (Wildman–Crippen LogP) is 3.02. The first-order valence-corrected chi connectivity index (χ1v) is 8.24. The standard InChI is InChI=1S/C18H17NO4S/c1-22-14-7-3-2-6-13(14)17(20)19-12-18(21,15-8-4-10-23-15)16-9-5-11-24-16/h2-11,21H,12H2,1H3,(H,19,20)/t18-/m0/s1. The van der Waals surface area contributed by atoms with Gasteiger partial charge in [0.1, 0.15) is 11.5 Å². The number of hydrogen-bond acceptors (Lipinski definition) is 5. The van der Waals surface area contributed by atoms with E-state index in [4.69, 9.17) is 9.15 Å². The van der Waals surface area contributed by atoms with E-state index in [2.05, 4.69) is 5.32 Å². The molecule has 0 aliphatic heterocycles. The third kappa shape index (κ3) is 3.06. The van der Waals surface area contributed by atoms with Crippen LogP contribution in [0.2, 0.25) is 0 Å². The average molecular weight is 343 g/mol. The third-order valence-electron chi connectivity index (χ3n) is 3.71. The molecule has 0 aliphatic carbocycles. The van der Waals surface area contributed by atoms with Crippen molar-refractivity contribution in [3.05, 3.63) is 76.4 Å². The zero-order valence-corrected chi connectivity index (χ0v) is 13.9. The Balaban J connectivity index is 1.83. The van der Waals surface area contributed by atoms with Gasteiger partial charge in [-0.2, -0.15) is 0 Å². The molecule has 3 rings (SSSR count). The van der Waals surface area contributed by atoms with Gasteiger partial charge >= 0.3 is 0 Å². The van der Waals surface area contributed by atoms with Crippen molar-refractivity contribution in [3.8, 4) is 5.75 Å². The number of methoxy groups -OCH3 is 1. The van der Waals surface area contributed by atoms with Crippen molar-refractivity contribution in [2.45, 2.75) is 5.60 Å². The molecular weight excluding hydrogens is 326 g/mol. The number of carbonyl (C=O) groups is 1. The van der Waals surface area contributed by atoms with Crippen LogP contribution in [-0.4, -0.2) is 24.7 Å². The Hall–Kier alpha value is -2.57. The Morgan fingerprint density at radius 3 is 2.75 bits per heavy atom. The zero-order valence-electron chi connectivity index (χ0n) is 13.1. The Morgan fingerprint density at radius 2 is 2.08 bits per heavy atom. The van der Waals surface area contributed by atoms with Gasteiger partial charge in [-0.1, -0.05) is 18.2 Å². The highest BCUT2D eigenvalue weighted by Gasteiger charge is 2.36. The lowest BCUT2D eigenvalue weighted by Crippen LogP contribution is -2.41. The summed E-state index contributed by atoms with van der Waals surface area (Å²) in [7, 11) is 1.51. The van der Waals surface area contributed by atoms with Crippen LogP contribution < -0.4 is 10.1 Å². The summed E-state index contributed by atoms with van der Waals surface area (Å²) in [4.78, 5) is 13.2. The first-order valence-electron chi connectivity index (χ1n) is 7.36. The maximum atomic E-state index is 12.5. The molecule has 24 heavy (non-hydrogen) atoms. The first kappa shape index (κ1) is 16.3. The van der Waals surface area contributed by atoms with Crippen molar-refractivity contribution < 1.29 is 19.1 Å². The highest BCUT2D eigenvalue weighted by Crippen LogP contribution is 2.32. The summed E-state index contributed by atoms with van der Waals surface area (Å²) in [5, 5.41) is 15.8. The van der Waals surface area contributed by atoms with E-state index in [1.165, 1.54) is 24.7 Å². The zero-order chi connectivity index (χ0) is 17.0. The smallest absolute Gasteiger partial charge is 0.255 e. The van der Waals surface area contributed by atoms with Crippen LogP contribution in [0.25, 0.3) is 0 Å². The van der Waals surface area contributed by atoms with Gasteiger partial charge in [-0.25, -0.2) is 0 Å². The number of ether oxygens (including phenoxy) is 1. The number of rotatable bonds is 6. The molecule has 0 aliphatic rings. The van der Waals surface area contributed by atoms with Crippen LogP contribution in [-0.2, 0) is 5.60 Å². The van der Waals surface area contributed by atoms with Gasteiger partial charge in [-0.05, 0) is 35.7 Å². The lowest BCUT2D eigenvalue weighted by molar-refractivity contribution is 0.0553. The molecule has 6 heteroatoms. The fraction of sp³-hybridized carbons (Fsp3) is 0.167. The van der Waals surface area contributed by atoms with E-state index < -0.39 is 5.60 Å². The molecule has 1 aromatic carbocycles. The number of hydrogen-bond donors (Lipinski definition) is 2. The molecule has 0 saturated heterocycles. The van der Waals surface area contributed by atoms with E-state index in [1.54, 1.807) is 36.4 Å². The largest absolute Gasteiger partial charge is 0.496 e. The molecule has 0 bridgehead atoms. The van der Waals surface area contributed by atoms with Gasteiger partial charge < -0.3 is 19.6 Å². The van der Waals surface area contributed by atoms with Gasteiger partial charge in [0.25, 0.3) is 5.91 Å². The fourth-order valence-corrected chi connectivity index (χ4v) is 3.29. The van der Waals surface area contributed by atoms with E-state index >= 15 is 0 Å². The molecule has 124 valence electrons. The molecule has 2 heterocycles. The van der Waals surface area contributed by atoms with Gasteiger partial charge in [0.15, 0.2) is 5.60 Å². The van der Waals surface area contributed by atoms with Crippen molar-refractivity contribution in [2.24, 2.45) is 0 Å². The van der Waals surface area contributed by atoms with Crippen LogP contribution in [0.1, 0.15) is 21.0 Å². The molecule has 2 N–H and O–H groups in total. The van der Waals surface area contributed by atoms with Crippen LogP contribution in [0, 0.1) is 0 Å². The fourth-order valence-electron chi connectivity index (χ4n) is 2.46. The molecule has 2 aromatic heterocycles. The summed E-state index contributed by atoms with van der Waals surface area (Å²) < 4.78 is 10.6. The molecule has 0 spiro atoms. The number of nitrogens with one attached hydrogen (secondary N) is 1. The maximum absolute atomic E-state index is 12.5. The summed E-state index contributed by atoms with van der Waals surface area (Å²) in [5.41, 5.74) is -1.01. The van der Waals surface area contributed by atoms with Gasteiger partial charge in [0.2, 0.25) is 0 Å². The number of carbonyl (C=O) groups excluding carboxylic acids is 1. The van der Waals surface area contributed by atoms with Gasteiger partial charge in [0, 0.05) is 4.88 Å². The second-order valence-electron chi connectivity index (χ2n) is 5.20. The quantitative estimate of drug-likeness (QED) is 0.722. The van der Waals surface area contributed by atoms with Gasteiger partial charge in [-0.3, -0.25) is 4.79 Å². The number of amides is 1. The number of benzene rings is 1. The minimum atomic E-state index is -1.42. The van der Waals surface area contributed by atoms with Gasteiger partial charge in [-0.15, -0.1) is 11.3 Å². The monoisotopic (exact) mass is 343 g/mol. The molecule has 0 saturated carbocycles. The minimum absolute atomic E-state index is 0.0160. The normalized spacial score (nSPS) is 13.2. The highest BCUT2D eigenvalue weighted by molar-refractivity contribution is 7.10. The summed E-state index contributed by atoms with van der Waals surface area (Å²) in [6.45, 7) is -0.0160. The lowest BCUT2D eigenvalue weighted by Gasteiger charge is -2.25. The number of furan rings is 1. The van der Waals surface area contributed by atoms with E-state index in [1.807, 2.05) is 17.5 Å². The van der Waals surface area contributed by atoms with Crippen molar-refractivity contribution in [1.29, 1.82) is 0 Å². The Kier molecular flexibility index (Phi) is 4.69. The second-order valence-corrected chi connectivity index (χ2v) is 6.15. The maximum Gasteiger partial charge on any atom is 0.255 e. The minimum Gasteiger partial charge on any atom is -0.496 e. The second kappa shape index (κ2) is 6.90. The first-order chi connectivity index (χ1) is 11.6. The van der Waals surface area contributed by atoms with Crippen LogP contribution in [0.15, 0.2) is 64.6 Å². The number of thiophene rings is 1. The number of aliphatic hydroxyl groups is 1. The van der Waals surface area contributed by atoms with E-state index in [-0.39, 0.29) is 12.5 Å². The SMILES string of the molecule is COc1ccccc1C(=O)NC[C@](O)(c1ccco1)c1cccs1. The van der Waals surface area contributed by atoms with E-state index in [0.29, 0.717) is 22.0 Å². The molecule has 1 atom stereocenters. The predicted molar refractivity (Wildman–Crippen MR) is 91.4 cm³/mol. The molecule has 5 nitrogen and oxygen atoms in total. The Labute approximate surface area is 143 Å². The van der Waals surface area contributed by atoms with Crippen LogP contribution in [0.3, 0.4) is 0 Å². The van der Waals surface area contributed by atoms with Gasteiger partial charge in [0.05, 0.1) is 25.5 Å². The van der Waals surface area contributed by atoms with Crippen molar-refractivity contribution in [2.75, 3.05) is 13.7 Å². The summed E-state index contributed by atoms with van der Waals surface area (Å²) in [6, 6.07) is 14.0. The molecule has 0 unspecified atom stereocenters. The van der Waals surface area contributed by atoms with Crippen LogP contribution in [0.4, 0.5) is 0 Å². The molecule has 3 aromatic rings. The van der Waals surface area contributed by atoms with Crippen LogP contribution >= 0.6 is 11.3 Å². The summed E-state index contributed by atoms with van der Waals surface area (Å²) >= 11 is 1.40. The van der Waals surface area contributed by atoms with Crippen molar-refractivity contribution in [3.63, 3.8) is 0 Å². The summed E-state index contributed by atoms with van der Waals surface area (Å²) in [6.07, 6.45) is 1.50. The summed E-state index contributed by atoms with van der Waals surface area (Å²) in [5.74, 6) is 0.534. The lowest BCUT2D eigenvalue weighted by atomic mass is 9.98. The molecular formula is C18H17NO4S. The molecule has 1 amide bonds. The Morgan fingerprint density at radius 1 is 1.25 bits per heavy atom. The van der Waals surface area contributed by atoms with Crippen molar-refractivity contribution >= 4 is 17.2 Å². The van der Waals surface area contributed by atoms with E-state index in [0.717, 1.165) is 0 Å². The van der Waals surface area contributed by atoms with Crippen LogP contribution in [0.5, 0.6) is 5.75 Å². The Bertz CT molecular complexity index is 762.